The quantitative estimate of drug-likeness (QED) is 0.611. The SMILES string of the molecule is O=C(CC[NH+]1CCN(c2ccccc2)CC1)NNC(=O)Cc1c(F)cccc1Cl. The zero-order valence-electron chi connectivity index (χ0n) is 16.1. The van der Waals surface area contributed by atoms with Gasteiger partial charge in [0, 0.05) is 16.3 Å². The van der Waals surface area contributed by atoms with E-state index >= 15 is 0 Å². The Morgan fingerprint density at radius 1 is 1.00 bits per heavy atom. The zero-order chi connectivity index (χ0) is 20.6. The number of carbonyl (C=O) groups is 2. The Hall–Kier alpha value is -2.64. The van der Waals surface area contributed by atoms with E-state index in [9.17, 15) is 14.0 Å². The lowest BCUT2D eigenvalue weighted by Gasteiger charge is -2.33. The molecule has 29 heavy (non-hydrogen) atoms. The minimum atomic E-state index is -0.544. The lowest BCUT2D eigenvalue weighted by atomic mass is 10.1. The van der Waals surface area contributed by atoms with Crippen LogP contribution in [0.1, 0.15) is 12.0 Å². The van der Waals surface area contributed by atoms with Crippen LogP contribution >= 0.6 is 11.6 Å². The number of quaternary nitrogens is 1. The highest BCUT2D eigenvalue weighted by atomic mass is 35.5. The number of benzene rings is 2. The molecule has 1 fully saturated rings. The van der Waals surface area contributed by atoms with Crippen LogP contribution in [-0.2, 0) is 16.0 Å². The first-order valence-electron chi connectivity index (χ1n) is 9.67. The predicted octanol–water partition coefficient (Wildman–Crippen LogP) is 0.964. The van der Waals surface area contributed by atoms with Crippen LogP contribution in [0.3, 0.4) is 0 Å². The number of hydrogen-bond donors (Lipinski definition) is 3. The van der Waals surface area contributed by atoms with E-state index in [0.29, 0.717) is 13.0 Å². The maximum absolute atomic E-state index is 13.7. The first-order chi connectivity index (χ1) is 14.0. The van der Waals surface area contributed by atoms with Crippen LogP contribution < -0.4 is 20.7 Å². The molecule has 0 atom stereocenters. The molecule has 8 heteroatoms. The molecule has 3 rings (SSSR count). The van der Waals surface area contributed by atoms with Crippen molar-refractivity contribution in [1.82, 2.24) is 10.9 Å². The fraction of sp³-hybridized carbons (Fsp3) is 0.333. The third kappa shape index (κ3) is 6.17. The summed E-state index contributed by atoms with van der Waals surface area (Å²) in [7, 11) is 0. The second-order valence-electron chi connectivity index (χ2n) is 7.05. The highest BCUT2D eigenvalue weighted by Crippen LogP contribution is 2.19. The summed E-state index contributed by atoms with van der Waals surface area (Å²) in [6.07, 6.45) is 0.0693. The number of rotatable bonds is 6. The van der Waals surface area contributed by atoms with Crippen molar-refractivity contribution in [3.8, 4) is 0 Å². The standard InChI is InChI=1S/C21H24ClFN4O2/c22-18-7-4-8-19(23)17(18)15-21(29)25-24-20(28)9-10-26-11-13-27(14-12-26)16-5-2-1-3-6-16/h1-8H,9-15H2,(H,24,28)(H,25,29)/p+1. The fourth-order valence-corrected chi connectivity index (χ4v) is 3.60. The summed E-state index contributed by atoms with van der Waals surface area (Å²) in [5, 5.41) is 0.185. The second kappa shape index (κ2) is 10.2. The largest absolute Gasteiger partial charge is 0.360 e. The van der Waals surface area contributed by atoms with Crippen molar-refractivity contribution in [3.63, 3.8) is 0 Å². The summed E-state index contributed by atoms with van der Waals surface area (Å²) in [4.78, 5) is 27.7. The minimum Gasteiger partial charge on any atom is -0.360 e. The molecule has 0 aliphatic carbocycles. The van der Waals surface area contributed by atoms with Gasteiger partial charge >= 0.3 is 0 Å². The molecular weight excluding hydrogens is 395 g/mol. The van der Waals surface area contributed by atoms with Gasteiger partial charge in [0.25, 0.3) is 0 Å². The van der Waals surface area contributed by atoms with Gasteiger partial charge in [0.05, 0.1) is 45.6 Å². The second-order valence-corrected chi connectivity index (χ2v) is 7.45. The normalized spacial score (nSPS) is 14.5. The molecule has 0 unspecified atom stereocenters. The van der Waals surface area contributed by atoms with Crippen molar-refractivity contribution in [2.75, 3.05) is 37.6 Å². The van der Waals surface area contributed by atoms with Gasteiger partial charge in [0.15, 0.2) is 0 Å². The molecule has 154 valence electrons. The van der Waals surface area contributed by atoms with Crippen molar-refractivity contribution in [1.29, 1.82) is 0 Å². The summed E-state index contributed by atoms with van der Waals surface area (Å²) < 4.78 is 13.7. The van der Waals surface area contributed by atoms with Crippen LogP contribution in [0.15, 0.2) is 48.5 Å². The van der Waals surface area contributed by atoms with Gasteiger partial charge in [-0.1, -0.05) is 35.9 Å². The molecule has 2 aromatic carbocycles. The van der Waals surface area contributed by atoms with E-state index in [1.165, 1.54) is 28.8 Å². The number of nitrogens with one attached hydrogen (secondary N) is 3. The van der Waals surface area contributed by atoms with E-state index in [1.54, 1.807) is 0 Å². The monoisotopic (exact) mass is 419 g/mol. The summed E-state index contributed by atoms with van der Waals surface area (Å²) in [6.45, 7) is 4.51. The van der Waals surface area contributed by atoms with Crippen molar-refractivity contribution in [3.05, 3.63) is 64.9 Å². The van der Waals surface area contributed by atoms with E-state index in [1.807, 2.05) is 18.2 Å². The summed E-state index contributed by atoms with van der Waals surface area (Å²) in [5.74, 6) is -1.33. The van der Waals surface area contributed by atoms with Crippen LogP contribution in [0.4, 0.5) is 10.1 Å². The van der Waals surface area contributed by atoms with E-state index in [4.69, 9.17) is 11.6 Å². The highest BCUT2D eigenvalue weighted by molar-refractivity contribution is 6.31. The average Bonchev–Trinajstić information content (AvgIpc) is 2.74. The van der Waals surface area contributed by atoms with Gasteiger partial charge in [0.1, 0.15) is 5.82 Å². The lowest BCUT2D eigenvalue weighted by molar-refractivity contribution is -0.900. The van der Waals surface area contributed by atoms with Crippen LogP contribution in [0.5, 0.6) is 0 Å². The maximum atomic E-state index is 13.7. The van der Waals surface area contributed by atoms with Crippen molar-refractivity contribution in [2.45, 2.75) is 12.8 Å². The molecule has 0 spiro atoms. The van der Waals surface area contributed by atoms with E-state index in [-0.39, 0.29) is 22.9 Å². The number of anilines is 1. The van der Waals surface area contributed by atoms with Crippen LogP contribution in [0.2, 0.25) is 5.02 Å². The summed E-state index contributed by atoms with van der Waals surface area (Å²) >= 11 is 5.91. The van der Waals surface area contributed by atoms with Gasteiger partial charge in [-0.3, -0.25) is 20.4 Å². The molecule has 0 saturated carbocycles. The molecule has 0 aromatic heterocycles. The summed E-state index contributed by atoms with van der Waals surface area (Å²) in [5.41, 5.74) is 6.05. The van der Waals surface area contributed by atoms with Gasteiger partial charge in [-0.05, 0) is 24.3 Å². The van der Waals surface area contributed by atoms with E-state index < -0.39 is 11.7 Å². The van der Waals surface area contributed by atoms with Gasteiger partial charge < -0.3 is 9.80 Å². The molecule has 2 aromatic rings. The topological polar surface area (TPSA) is 65.9 Å². The highest BCUT2D eigenvalue weighted by Gasteiger charge is 2.21. The van der Waals surface area contributed by atoms with Crippen molar-refractivity contribution >= 4 is 29.1 Å². The Morgan fingerprint density at radius 2 is 1.69 bits per heavy atom. The van der Waals surface area contributed by atoms with Crippen molar-refractivity contribution in [2.24, 2.45) is 0 Å². The average molecular weight is 420 g/mol. The van der Waals surface area contributed by atoms with Gasteiger partial charge in [0.2, 0.25) is 11.8 Å². The molecular formula is C21H25ClFN4O2+. The van der Waals surface area contributed by atoms with Gasteiger partial charge in [-0.2, -0.15) is 0 Å². The molecule has 1 aliphatic rings. The molecule has 6 nitrogen and oxygen atoms in total. The molecule has 0 bridgehead atoms. The Kier molecular flexibility index (Phi) is 7.43. The minimum absolute atomic E-state index is 0.113. The van der Waals surface area contributed by atoms with Crippen LogP contribution in [0.25, 0.3) is 0 Å². The van der Waals surface area contributed by atoms with Gasteiger partial charge in [-0.15, -0.1) is 0 Å². The smallest absolute Gasteiger partial charge is 0.244 e. The third-order valence-corrected chi connectivity index (χ3v) is 5.39. The first-order valence-corrected chi connectivity index (χ1v) is 10.0. The first kappa shape index (κ1) is 21.1. The zero-order valence-corrected chi connectivity index (χ0v) is 16.8. The van der Waals surface area contributed by atoms with Crippen molar-refractivity contribution < 1.29 is 18.9 Å². The molecule has 2 amide bonds. The van der Waals surface area contributed by atoms with Crippen LogP contribution in [-0.4, -0.2) is 44.5 Å². The number of para-hydroxylation sites is 1. The number of halogens is 2. The predicted molar refractivity (Wildman–Crippen MR) is 110 cm³/mol. The maximum Gasteiger partial charge on any atom is 0.244 e. The molecule has 1 aliphatic heterocycles. The number of hydrogen-bond acceptors (Lipinski definition) is 3. The number of nitrogens with zero attached hydrogens (tertiary/aromatic N) is 1. The van der Waals surface area contributed by atoms with E-state index in [0.717, 1.165) is 26.2 Å². The number of hydrazine groups is 1. The number of piperazine rings is 1. The number of amides is 2. The Balaban J connectivity index is 1.35. The Morgan fingerprint density at radius 3 is 2.38 bits per heavy atom. The Labute approximate surface area is 174 Å². The fourth-order valence-electron chi connectivity index (χ4n) is 3.37. The van der Waals surface area contributed by atoms with Gasteiger partial charge in [-0.25, -0.2) is 4.39 Å². The third-order valence-electron chi connectivity index (χ3n) is 5.04. The molecule has 1 heterocycles. The lowest BCUT2D eigenvalue weighted by Crippen LogP contribution is -3.15. The number of carbonyl (C=O) groups excluding carboxylic acids is 2. The molecule has 0 radical (unpaired) electrons. The summed E-state index contributed by atoms with van der Waals surface area (Å²) in [6, 6.07) is 14.5. The molecule has 3 N–H and O–H groups in total. The van der Waals surface area contributed by atoms with E-state index in [2.05, 4.69) is 27.9 Å². The molecule has 1 saturated heterocycles. The Bertz CT molecular complexity index is 822. The van der Waals surface area contributed by atoms with Crippen LogP contribution in [0, 0.1) is 5.82 Å².